The Kier molecular flexibility index (Phi) is 5.96. The van der Waals surface area contributed by atoms with Crippen LogP contribution < -0.4 is 5.32 Å². The number of nitrogens with zero attached hydrogens (tertiary/aromatic N) is 1. The molecule has 1 atom stereocenters. The predicted octanol–water partition coefficient (Wildman–Crippen LogP) is 1.85. The lowest BCUT2D eigenvalue weighted by Crippen LogP contribution is -2.18. The van der Waals surface area contributed by atoms with Crippen molar-refractivity contribution in [1.29, 1.82) is 0 Å². The third-order valence-electron chi connectivity index (χ3n) is 2.29. The van der Waals surface area contributed by atoms with Crippen LogP contribution in [-0.2, 0) is 9.53 Å². The van der Waals surface area contributed by atoms with E-state index in [1.807, 2.05) is 12.1 Å². The largest absolute Gasteiger partial charge is 0.463 e. The highest BCUT2D eigenvalue weighted by atomic mass is 16.5. The van der Waals surface area contributed by atoms with Gasteiger partial charge < -0.3 is 10.1 Å². The van der Waals surface area contributed by atoms with Gasteiger partial charge in [0.05, 0.1) is 6.61 Å². The quantitative estimate of drug-likeness (QED) is 0.603. The Balaban J connectivity index is 2.29. The molecule has 0 radical (unpaired) electrons. The monoisotopic (exact) mass is 234 g/mol. The van der Waals surface area contributed by atoms with Gasteiger partial charge in [-0.05, 0) is 31.5 Å². The summed E-state index contributed by atoms with van der Waals surface area (Å²) in [4.78, 5) is 15.0. The molecule has 1 aromatic rings. The van der Waals surface area contributed by atoms with Crippen LogP contribution in [0.2, 0.25) is 0 Å². The van der Waals surface area contributed by atoms with Crippen LogP contribution in [-0.4, -0.2) is 24.1 Å². The minimum atomic E-state index is -0.300. The Labute approximate surface area is 102 Å². The van der Waals surface area contributed by atoms with E-state index in [1.165, 1.54) is 11.6 Å². The molecule has 1 aromatic heterocycles. The zero-order chi connectivity index (χ0) is 12.5. The molecular formula is C13H18N2O2. The van der Waals surface area contributed by atoms with E-state index in [0.29, 0.717) is 13.2 Å². The van der Waals surface area contributed by atoms with Gasteiger partial charge in [-0.15, -0.1) is 0 Å². The molecule has 0 fully saturated rings. The van der Waals surface area contributed by atoms with E-state index >= 15 is 0 Å². The van der Waals surface area contributed by atoms with Crippen LogP contribution in [0.25, 0.3) is 0 Å². The van der Waals surface area contributed by atoms with E-state index in [-0.39, 0.29) is 12.0 Å². The van der Waals surface area contributed by atoms with Gasteiger partial charge in [0.2, 0.25) is 0 Å². The van der Waals surface area contributed by atoms with E-state index in [9.17, 15) is 4.79 Å². The van der Waals surface area contributed by atoms with Crippen LogP contribution in [0.4, 0.5) is 0 Å². The van der Waals surface area contributed by atoms with Gasteiger partial charge in [0.15, 0.2) is 0 Å². The van der Waals surface area contributed by atoms with E-state index in [0.717, 1.165) is 0 Å². The fourth-order valence-corrected chi connectivity index (χ4v) is 1.36. The van der Waals surface area contributed by atoms with Gasteiger partial charge in [0.25, 0.3) is 0 Å². The molecule has 0 aliphatic heterocycles. The third-order valence-corrected chi connectivity index (χ3v) is 2.29. The Morgan fingerprint density at radius 1 is 1.53 bits per heavy atom. The number of rotatable bonds is 6. The SMILES string of the molecule is CCOC(=O)/C=C/CN[C@@H](C)c1ccncc1. The normalized spacial score (nSPS) is 12.6. The van der Waals surface area contributed by atoms with Crippen molar-refractivity contribution in [3.63, 3.8) is 0 Å². The zero-order valence-corrected chi connectivity index (χ0v) is 10.2. The van der Waals surface area contributed by atoms with Gasteiger partial charge in [-0.25, -0.2) is 4.79 Å². The van der Waals surface area contributed by atoms with Crippen LogP contribution >= 0.6 is 0 Å². The first kappa shape index (κ1) is 13.4. The van der Waals surface area contributed by atoms with Crippen molar-refractivity contribution in [2.24, 2.45) is 0 Å². The lowest BCUT2D eigenvalue weighted by molar-refractivity contribution is -0.137. The molecule has 0 aromatic carbocycles. The molecule has 0 amide bonds. The van der Waals surface area contributed by atoms with E-state index < -0.39 is 0 Å². The van der Waals surface area contributed by atoms with Crippen molar-refractivity contribution in [2.45, 2.75) is 19.9 Å². The van der Waals surface area contributed by atoms with Crippen molar-refractivity contribution in [3.8, 4) is 0 Å². The number of aromatic nitrogens is 1. The molecule has 1 N–H and O–H groups in total. The van der Waals surface area contributed by atoms with Crippen molar-refractivity contribution in [1.82, 2.24) is 10.3 Å². The Morgan fingerprint density at radius 2 is 2.24 bits per heavy atom. The van der Waals surface area contributed by atoms with E-state index in [4.69, 9.17) is 4.74 Å². The summed E-state index contributed by atoms with van der Waals surface area (Å²) in [5.41, 5.74) is 1.17. The summed E-state index contributed by atoms with van der Waals surface area (Å²) >= 11 is 0. The summed E-state index contributed by atoms with van der Waals surface area (Å²) in [6.07, 6.45) is 6.73. The summed E-state index contributed by atoms with van der Waals surface area (Å²) < 4.78 is 4.77. The topological polar surface area (TPSA) is 51.2 Å². The molecule has 0 bridgehead atoms. The number of nitrogens with one attached hydrogen (secondary N) is 1. The van der Waals surface area contributed by atoms with Gasteiger partial charge in [0, 0.05) is 31.1 Å². The number of esters is 1. The van der Waals surface area contributed by atoms with Gasteiger partial charge >= 0.3 is 5.97 Å². The highest BCUT2D eigenvalue weighted by Gasteiger charge is 2.01. The van der Waals surface area contributed by atoms with Crippen molar-refractivity contribution >= 4 is 5.97 Å². The molecule has 17 heavy (non-hydrogen) atoms. The number of pyridine rings is 1. The summed E-state index contributed by atoms with van der Waals surface area (Å²) in [5, 5.41) is 3.27. The molecule has 4 heteroatoms. The van der Waals surface area contributed by atoms with Gasteiger partial charge in [-0.1, -0.05) is 6.08 Å². The van der Waals surface area contributed by atoms with Crippen molar-refractivity contribution in [2.75, 3.05) is 13.2 Å². The van der Waals surface area contributed by atoms with Crippen molar-refractivity contribution < 1.29 is 9.53 Å². The maximum absolute atomic E-state index is 11.0. The Bertz CT molecular complexity index is 363. The molecule has 0 aliphatic carbocycles. The number of carbonyl (C=O) groups excluding carboxylic acids is 1. The van der Waals surface area contributed by atoms with E-state index in [2.05, 4.69) is 17.2 Å². The second-order valence-corrected chi connectivity index (χ2v) is 3.56. The second kappa shape index (κ2) is 7.57. The van der Waals surface area contributed by atoms with E-state index in [1.54, 1.807) is 25.4 Å². The van der Waals surface area contributed by atoms with Crippen LogP contribution in [0.5, 0.6) is 0 Å². The molecule has 0 spiro atoms. The van der Waals surface area contributed by atoms with Crippen molar-refractivity contribution in [3.05, 3.63) is 42.2 Å². The third kappa shape index (κ3) is 5.26. The standard InChI is InChI=1S/C13H18N2O2/c1-3-17-13(16)5-4-8-15-11(2)12-6-9-14-10-7-12/h4-7,9-11,15H,3,8H2,1-2H3/b5-4+/t11-/m0/s1. The molecule has 0 saturated carbocycles. The summed E-state index contributed by atoms with van der Waals surface area (Å²) in [6, 6.07) is 4.16. The van der Waals surface area contributed by atoms with Crippen LogP contribution in [0.1, 0.15) is 25.5 Å². The highest BCUT2D eigenvalue weighted by Crippen LogP contribution is 2.09. The molecule has 1 heterocycles. The summed E-state index contributed by atoms with van der Waals surface area (Å²) in [5.74, 6) is -0.300. The highest BCUT2D eigenvalue weighted by molar-refractivity contribution is 5.81. The molecule has 0 aliphatic rings. The summed E-state index contributed by atoms with van der Waals surface area (Å²) in [7, 11) is 0. The number of hydrogen-bond acceptors (Lipinski definition) is 4. The molecular weight excluding hydrogens is 216 g/mol. The first-order valence-electron chi connectivity index (χ1n) is 5.70. The lowest BCUT2D eigenvalue weighted by atomic mass is 10.1. The smallest absolute Gasteiger partial charge is 0.330 e. The number of carbonyl (C=O) groups is 1. The number of hydrogen-bond donors (Lipinski definition) is 1. The fraction of sp³-hybridized carbons (Fsp3) is 0.385. The Hall–Kier alpha value is -1.68. The average Bonchev–Trinajstić information content (AvgIpc) is 2.36. The average molecular weight is 234 g/mol. The minimum Gasteiger partial charge on any atom is -0.463 e. The maximum Gasteiger partial charge on any atom is 0.330 e. The number of ether oxygens (including phenoxy) is 1. The molecule has 0 saturated heterocycles. The predicted molar refractivity (Wildman–Crippen MR) is 66.4 cm³/mol. The van der Waals surface area contributed by atoms with Gasteiger partial charge in [0.1, 0.15) is 0 Å². The van der Waals surface area contributed by atoms with Gasteiger partial charge in [-0.3, -0.25) is 4.98 Å². The second-order valence-electron chi connectivity index (χ2n) is 3.56. The molecule has 92 valence electrons. The first-order valence-corrected chi connectivity index (χ1v) is 5.70. The fourth-order valence-electron chi connectivity index (χ4n) is 1.36. The summed E-state index contributed by atoms with van der Waals surface area (Å²) in [6.45, 7) is 4.88. The molecule has 4 nitrogen and oxygen atoms in total. The first-order chi connectivity index (χ1) is 8.24. The zero-order valence-electron chi connectivity index (χ0n) is 10.2. The van der Waals surface area contributed by atoms with Crippen LogP contribution in [0, 0.1) is 0 Å². The van der Waals surface area contributed by atoms with Gasteiger partial charge in [-0.2, -0.15) is 0 Å². The maximum atomic E-state index is 11.0. The molecule has 0 unspecified atom stereocenters. The molecule has 1 rings (SSSR count). The Morgan fingerprint density at radius 3 is 2.88 bits per heavy atom. The van der Waals surface area contributed by atoms with Crippen LogP contribution in [0.3, 0.4) is 0 Å². The van der Waals surface area contributed by atoms with Crippen LogP contribution in [0.15, 0.2) is 36.7 Å². The minimum absolute atomic E-state index is 0.227. The lowest BCUT2D eigenvalue weighted by Gasteiger charge is -2.11.